The van der Waals surface area contributed by atoms with Gasteiger partial charge in [0.2, 0.25) is 0 Å². The lowest BCUT2D eigenvalue weighted by Crippen LogP contribution is -2.15. The molecule has 0 saturated carbocycles. The van der Waals surface area contributed by atoms with Gasteiger partial charge in [-0.15, -0.1) is 0 Å². The molecule has 1 aromatic carbocycles. The van der Waals surface area contributed by atoms with Gasteiger partial charge < -0.3 is 10.5 Å². The van der Waals surface area contributed by atoms with Gasteiger partial charge in [-0.2, -0.15) is 0 Å². The molecule has 4 heteroatoms. The van der Waals surface area contributed by atoms with Gasteiger partial charge in [-0.25, -0.2) is 4.79 Å². The van der Waals surface area contributed by atoms with Crippen molar-refractivity contribution >= 4 is 17.7 Å². The van der Waals surface area contributed by atoms with Crippen molar-refractivity contribution in [3.8, 4) is 0 Å². The highest BCUT2D eigenvalue weighted by Crippen LogP contribution is 2.18. The van der Waals surface area contributed by atoms with Crippen LogP contribution in [0.4, 0.5) is 4.79 Å². The van der Waals surface area contributed by atoms with Crippen molar-refractivity contribution in [2.75, 3.05) is 0 Å². The zero-order valence-electron chi connectivity index (χ0n) is 7.16. The van der Waals surface area contributed by atoms with Gasteiger partial charge in [0, 0.05) is 5.02 Å². The van der Waals surface area contributed by atoms with Crippen LogP contribution in [-0.4, -0.2) is 6.09 Å². The van der Waals surface area contributed by atoms with Crippen LogP contribution in [0.3, 0.4) is 0 Å². The summed E-state index contributed by atoms with van der Waals surface area (Å²) < 4.78 is 4.77. The van der Waals surface area contributed by atoms with Crippen LogP contribution in [0.5, 0.6) is 0 Å². The minimum Gasteiger partial charge on any atom is -0.442 e. The number of halogens is 1. The third-order valence-electron chi connectivity index (χ3n) is 1.63. The Labute approximate surface area is 81.4 Å². The monoisotopic (exact) mass is 199 g/mol. The molecule has 2 N–H and O–H groups in total. The third kappa shape index (κ3) is 2.95. The predicted octanol–water partition coefficient (Wildman–Crippen LogP) is 2.50. The molecule has 0 fully saturated rings. The average molecular weight is 200 g/mol. The fraction of sp³-hybridized carbons (Fsp3) is 0.222. The van der Waals surface area contributed by atoms with Crippen LogP contribution in [0.1, 0.15) is 18.6 Å². The SMILES string of the molecule is CC(OC(N)=O)c1ccc(Cl)cc1. The van der Waals surface area contributed by atoms with Crippen LogP contribution in [0.15, 0.2) is 24.3 Å². The van der Waals surface area contributed by atoms with Gasteiger partial charge in [-0.3, -0.25) is 0 Å². The Hall–Kier alpha value is -1.22. The molecule has 1 unspecified atom stereocenters. The maximum atomic E-state index is 10.4. The maximum Gasteiger partial charge on any atom is 0.405 e. The molecule has 0 saturated heterocycles. The van der Waals surface area contributed by atoms with E-state index in [-0.39, 0.29) is 6.10 Å². The van der Waals surface area contributed by atoms with Crippen LogP contribution >= 0.6 is 11.6 Å². The standard InChI is InChI=1S/C9H10ClNO2/c1-6(13-9(11)12)7-2-4-8(10)5-3-7/h2-6H,1H3,(H2,11,12). The number of carbonyl (C=O) groups is 1. The number of ether oxygens (including phenoxy) is 1. The van der Waals surface area contributed by atoms with E-state index in [1.165, 1.54) is 0 Å². The first-order valence-corrected chi connectivity index (χ1v) is 4.19. The van der Waals surface area contributed by atoms with Crippen LogP contribution in [0.2, 0.25) is 5.02 Å². The average Bonchev–Trinajstić information content (AvgIpc) is 2.04. The van der Waals surface area contributed by atoms with Crippen LogP contribution in [0.25, 0.3) is 0 Å². The zero-order valence-corrected chi connectivity index (χ0v) is 7.91. The quantitative estimate of drug-likeness (QED) is 0.796. The molecule has 0 spiro atoms. The van der Waals surface area contributed by atoms with E-state index in [4.69, 9.17) is 22.1 Å². The summed E-state index contributed by atoms with van der Waals surface area (Å²) in [4.78, 5) is 10.4. The fourth-order valence-electron chi connectivity index (χ4n) is 0.976. The maximum absolute atomic E-state index is 10.4. The molecule has 0 heterocycles. The molecule has 1 rings (SSSR count). The second-order valence-electron chi connectivity index (χ2n) is 2.63. The van der Waals surface area contributed by atoms with Crippen molar-refractivity contribution in [3.05, 3.63) is 34.9 Å². The molecule has 0 aromatic heterocycles. The Balaban J connectivity index is 2.71. The Bertz CT molecular complexity index is 297. The summed E-state index contributed by atoms with van der Waals surface area (Å²) in [6.07, 6.45) is -1.11. The van der Waals surface area contributed by atoms with E-state index in [0.29, 0.717) is 5.02 Å². The summed E-state index contributed by atoms with van der Waals surface area (Å²) in [6.45, 7) is 1.74. The molecule has 0 radical (unpaired) electrons. The summed E-state index contributed by atoms with van der Waals surface area (Å²) in [7, 11) is 0. The highest BCUT2D eigenvalue weighted by atomic mass is 35.5. The lowest BCUT2D eigenvalue weighted by Gasteiger charge is -2.11. The van der Waals surface area contributed by atoms with E-state index in [2.05, 4.69) is 0 Å². The predicted molar refractivity (Wildman–Crippen MR) is 50.5 cm³/mol. The topological polar surface area (TPSA) is 52.3 Å². The van der Waals surface area contributed by atoms with E-state index in [0.717, 1.165) is 5.56 Å². The van der Waals surface area contributed by atoms with Crippen molar-refractivity contribution in [1.82, 2.24) is 0 Å². The molecule has 0 bridgehead atoms. The van der Waals surface area contributed by atoms with E-state index >= 15 is 0 Å². The third-order valence-corrected chi connectivity index (χ3v) is 1.88. The molecule has 70 valence electrons. The van der Waals surface area contributed by atoms with Crippen molar-refractivity contribution in [2.45, 2.75) is 13.0 Å². The van der Waals surface area contributed by atoms with Gasteiger partial charge in [-0.05, 0) is 24.6 Å². The zero-order chi connectivity index (χ0) is 9.84. The Kier molecular flexibility index (Phi) is 3.14. The first kappa shape index (κ1) is 9.86. The van der Waals surface area contributed by atoms with Crippen LogP contribution < -0.4 is 5.73 Å². The first-order valence-electron chi connectivity index (χ1n) is 3.81. The first-order chi connectivity index (χ1) is 6.09. The van der Waals surface area contributed by atoms with Crippen LogP contribution in [-0.2, 0) is 4.74 Å². The van der Waals surface area contributed by atoms with Gasteiger partial charge in [0.05, 0.1) is 0 Å². The summed E-state index contributed by atoms with van der Waals surface area (Å²) >= 11 is 5.69. The Morgan fingerprint density at radius 2 is 2.00 bits per heavy atom. The number of nitrogens with two attached hydrogens (primary N) is 1. The molecule has 1 atom stereocenters. The Morgan fingerprint density at radius 3 is 2.46 bits per heavy atom. The number of hydrogen-bond acceptors (Lipinski definition) is 2. The summed E-state index contributed by atoms with van der Waals surface area (Å²) in [5.74, 6) is 0. The molecule has 13 heavy (non-hydrogen) atoms. The lowest BCUT2D eigenvalue weighted by atomic mass is 10.1. The van der Waals surface area contributed by atoms with Crippen molar-refractivity contribution in [2.24, 2.45) is 5.73 Å². The summed E-state index contributed by atoms with van der Waals surface area (Å²) in [6, 6.07) is 7.04. The number of carbonyl (C=O) groups excluding carboxylic acids is 1. The van der Waals surface area contributed by atoms with Gasteiger partial charge in [-0.1, -0.05) is 23.7 Å². The van der Waals surface area contributed by atoms with Crippen molar-refractivity contribution in [3.63, 3.8) is 0 Å². The number of rotatable bonds is 2. The number of hydrogen-bond donors (Lipinski definition) is 1. The van der Waals surface area contributed by atoms with Crippen molar-refractivity contribution < 1.29 is 9.53 Å². The Morgan fingerprint density at radius 1 is 1.46 bits per heavy atom. The fourth-order valence-corrected chi connectivity index (χ4v) is 1.10. The highest BCUT2D eigenvalue weighted by molar-refractivity contribution is 6.30. The minimum absolute atomic E-state index is 0.338. The van der Waals surface area contributed by atoms with Gasteiger partial charge in [0.15, 0.2) is 0 Å². The smallest absolute Gasteiger partial charge is 0.405 e. The molecule has 0 aliphatic carbocycles. The largest absolute Gasteiger partial charge is 0.442 e. The number of benzene rings is 1. The molecule has 3 nitrogen and oxygen atoms in total. The van der Waals surface area contributed by atoms with Crippen LogP contribution in [0, 0.1) is 0 Å². The van der Waals surface area contributed by atoms with Crippen molar-refractivity contribution in [1.29, 1.82) is 0 Å². The molecule has 0 aliphatic heterocycles. The van der Waals surface area contributed by atoms with E-state index in [1.807, 2.05) is 0 Å². The normalized spacial score (nSPS) is 12.2. The summed E-state index contributed by atoms with van der Waals surface area (Å²) in [5.41, 5.74) is 5.74. The highest BCUT2D eigenvalue weighted by Gasteiger charge is 2.07. The van der Waals surface area contributed by atoms with Gasteiger partial charge in [0.25, 0.3) is 0 Å². The second kappa shape index (κ2) is 4.14. The minimum atomic E-state index is -0.776. The molecular weight excluding hydrogens is 190 g/mol. The molecular formula is C9H10ClNO2. The molecule has 0 aliphatic rings. The summed E-state index contributed by atoms with van der Waals surface area (Å²) in [5, 5.41) is 0.648. The molecule has 1 aromatic rings. The molecule has 1 amide bonds. The van der Waals surface area contributed by atoms with Gasteiger partial charge >= 0.3 is 6.09 Å². The van der Waals surface area contributed by atoms with E-state index in [9.17, 15) is 4.79 Å². The number of primary amides is 1. The lowest BCUT2D eigenvalue weighted by molar-refractivity contribution is 0.116. The second-order valence-corrected chi connectivity index (χ2v) is 3.07. The van der Waals surface area contributed by atoms with E-state index < -0.39 is 6.09 Å². The number of amides is 1. The van der Waals surface area contributed by atoms with Gasteiger partial charge in [0.1, 0.15) is 6.10 Å². The van der Waals surface area contributed by atoms with E-state index in [1.54, 1.807) is 31.2 Å².